The number of hydrogen-bond donors (Lipinski definition) is 1. The molecule has 0 spiro atoms. The molecule has 0 aliphatic carbocycles. The summed E-state index contributed by atoms with van der Waals surface area (Å²) in [6, 6.07) is 7.41. The molecule has 1 N–H and O–H groups in total. The van der Waals surface area contributed by atoms with Crippen molar-refractivity contribution in [1.29, 1.82) is 0 Å². The second kappa shape index (κ2) is 6.70. The minimum absolute atomic E-state index is 0.160. The lowest BCUT2D eigenvalue weighted by molar-refractivity contribution is -0.137. The predicted octanol–water partition coefficient (Wildman–Crippen LogP) is 2.54. The molecular weight excluding hydrogens is 260 g/mol. The summed E-state index contributed by atoms with van der Waals surface area (Å²) >= 11 is 0. The predicted molar refractivity (Wildman–Crippen MR) is 71.5 cm³/mol. The van der Waals surface area contributed by atoms with Crippen molar-refractivity contribution in [3.8, 4) is 17.2 Å². The van der Waals surface area contributed by atoms with Crippen LogP contribution >= 0.6 is 0 Å². The Morgan fingerprint density at radius 1 is 1.30 bits per heavy atom. The molecule has 1 heterocycles. The van der Waals surface area contributed by atoms with E-state index < -0.39 is 5.97 Å². The number of ether oxygens (including phenoxy) is 1. The maximum atomic E-state index is 10.4. The largest absolute Gasteiger partial charge is 0.496 e. The number of rotatable bonds is 7. The lowest BCUT2D eigenvalue weighted by atomic mass is 10.2. The second-order valence-electron chi connectivity index (χ2n) is 4.30. The third kappa shape index (κ3) is 3.57. The number of aromatic nitrogens is 2. The van der Waals surface area contributed by atoms with Crippen LogP contribution in [0.1, 0.15) is 25.2 Å². The maximum Gasteiger partial charge on any atom is 0.303 e. The monoisotopic (exact) mass is 276 g/mol. The van der Waals surface area contributed by atoms with Crippen LogP contribution in [0, 0.1) is 0 Å². The lowest BCUT2D eigenvalue weighted by Crippen LogP contribution is -1.95. The van der Waals surface area contributed by atoms with Crippen LogP contribution in [-0.2, 0) is 11.2 Å². The van der Waals surface area contributed by atoms with Crippen molar-refractivity contribution >= 4 is 5.97 Å². The molecule has 0 aliphatic rings. The van der Waals surface area contributed by atoms with Gasteiger partial charge in [0.25, 0.3) is 5.89 Å². The van der Waals surface area contributed by atoms with E-state index in [0.717, 1.165) is 5.56 Å². The molecule has 20 heavy (non-hydrogen) atoms. The van der Waals surface area contributed by atoms with Crippen molar-refractivity contribution < 1.29 is 19.1 Å². The maximum absolute atomic E-state index is 10.4. The third-order valence-electron chi connectivity index (χ3n) is 2.84. The average Bonchev–Trinajstić information content (AvgIpc) is 2.92. The van der Waals surface area contributed by atoms with Crippen LogP contribution in [0.4, 0.5) is 0 Å². The highest BCUT2D eigenvalue weighted by molar-refractivity contribution is 5.66. The molecule has 0 aliphatic heterocycles. The van der Waals surface area contributed by atoms with Crippen molar-refractivity contribution in [2.24, 2.45) is 0 Å². The number of benzene rings is 1. The second-order valence-corrected chi connectivity index (χ2v) is 4.30. The van der Waals surface area contributed by atoms with Crippen LogP contribution in [0.15, 0.2) is 28.7 Å². The molecule has 2 rings (SSSR count). The van der Waals surface area contributed by atoms with Crippen LogP contribution in [-0.4, -0.2) is 28.4 Å². The number of aliphatic carboxylic acids is 1. The number of nitrogens with zero attached hydrogens (tertiary/aromatic N) is 2. The van der Waals surface area contributed by atoms with Crippen LogP contribution in [0.2, 0.25) is 0 Å². The fourth-order valence-electron chi connectivity index (χ4n) is 1.84. The first-order valence-corrected chi connectivity index (χ1v) is 6.38. The number of unbranched alkanes of at least 4 members (excludes halogenated alkanes) is 1. The van der Waals surface area contributed by atoms with E-state index in [1.165, 1.54) is 0 Å². The Hall–Kier alpha value is -2.37. The zero-order chi connectivity index (χ0) is 14.4. The molecule has 1 aromatic carbocycles. The first-order chi connectivity index (χ1) is 9.70. The molecule has 0 bridgehead atoms. The summed E-state index contributed by atoms with van der Waals surface area (Å²) in [5, 5.41) is 16.5. The normalized spacial score (nSPS) is 10.4. The van der Waals surface area contributed by atoms with E-state index in [9.17, 15) is 4.79 Å². The zero-order valence-electron chi connectivity index (χ0n) is 11.2. The molecule has 6 heteroatoms. The first-order valence-electron chi connectivity index (χ1n) is 6.38. The van der Waals surface area contributed by atoms with Gasteiger partial charge in [0.2, 0.25) is 5.89 Å². The van der Waals surface area contributed by atoms with Crippen molar-refractivity contribution in [3.05, 3.63) is 30.2 Å². The van der Waals surface area contributed by atoms with Crippen molar-refractivity contribution in [2.45, 2.75) is 25.7 Å². The van der Waals surface area contributed by atoms with E-state index in [-0.39, 0.29) is 6.42 Å². The molecule has 0 radical (unpaired) electrons. The lowest BCUT2D eigenvalue weighted by Gasteiger charge is -2.03. The Morgan fingerprint density at radius 2 is 2.10 bits per heavy atom. The Labute approximate surface area is 116 Å². The molecule has 0 saturated heterocycles. The minimum Gasteiger partial charge on any atom is -0.496 e. The Bertz CT molecular complexity index is 580. The van der Waals surface area contributed by atoms with Gasteiger partial charge in [0.15, 0.2) is 0 Å². The molecule has 0 amide bonds. The van der Waals surface area contributed by atoms with E-state index in [2.05, 4.69) is 10.2 Å². The smallest absolute Gasteiger partial charge is 0.303 e. The van der Waals surface area contributed by atoms with E-state index in [1.807, 2.05) is 24.3 Å². The Morgan fingerprint density at radius 3 is 2.85 bits per heavy atom. The van der Waals surface area contributed by atoms with E-state index >= 15 is 0 Å². The van der Waals surface area contributed by atoms with Gasteiger partial charge in [-0.2, -0.15) is 0 Å². The van der Waals surface area contributed by atoms with Gasteiger partial charge < -0.3 is 14.3 Å². The average molecular weight is 276 g/mol. The molecule has 0 fully saturated rings. The van der Waals surface area contributed by atoms with Gasteiger partial charge in [-0.25, -0.2) is 0 Å². The van der Waals surface area contributed by atoms with Crippen molar-refractivity contribution in [1.82, 2.24) is 10.2 Å². The summed E-state index contributed by atoms with van der Waals surface area (Å²) in [4.78, 5) is 10.4. The van der Waals surface area contributed by atoms with E-state index in [1.54, 1.807) is 7.11 Å². The SMILES string of the molecule is COc1ccccc1-c1nnc(CCCCC(=O)O)o1. The van der Waals surface area contributed by atoms with Crippen LogP contribution < -0.4 is 4.74 Å². The molecule has 0 atom stereocenters. The molecule has 6 nitrogen and oxygen atoms in total. The topological polar surface area (TPSA) is 85.5 Å². The summed E-state index contributed by atoms with van der Waals surface area (Å²) in [5.41, 5.74) is 0.749. The summed E-state index contributed by atoms with van der Waals surface area (Å²) in [6.07, 6.45) is 2.05. The fraction of sp³-hybridized carbons (Fsp3) is 0.357. The van der Waals surface area contributed by atoms with Crippen LogP contribution in [0.25, 0.3) is 11.5 Å². The zero-order valence-corrected chi connectivity index (χ0v) is 11.2. The third-order valence-corrected chi connectivity index (χ3v) is 2.84. The first kappa shape index (κ1) is 14.0. The van der Waals surface area contributed by atoms with Crippen LogP contribution in [0.3, 0.4) is 0 Å². The minimum atomic E-state index is -0.787. The number of para-hydroxylation sites is 1. The van der Waals surface area contributed by atoms with Crippen LogP contribution in [0.5, 0.6) is 5.75 Å². The van der Waals surface area contributed by atoms with Crippen molar-refractivity contribution in [2.75, 3.05) is 7.11 Å². The molecule has 0 unspecified atom stereocenters. The number of carboxylic acids is 1. The molecule has 2 aromatic rings. The molecule has 106 valence electrons. The number of carboxylic acid groups (broad SMARTS) is 1. The number of methoxy groups -OCH3 is 1. The van der Waals surface area contributed by atoms with E-state index in [0.29, 0.717) is 36.8 Å². The van der Waals surface area contributed by atoms with Gasteiger partial charge in [0.1, 0.15) is 5.75 Å². The summed E-state index contributed by atoms with van der Waals surface area (Å²) in [5.74, 6) is 0.811. The quantitative estimate of drug-likeness (QED) is 0.782. The molecular formula is C14H16N2O4. The Kier molecular flexibility index (Phi) is 4.70. The van der Waals surface area contributed by atoms with Crippen molar-refractivity contribution in [3.63, 3.8) is 0 Å². The summed E-state index contributed by atoms with van der Waals surface area (Å²) in [6.45, 7) is 0. The Balaban J connectivity index is 2.00. The summed E-state index contributed by atoms with van der Waals surface area (Å²) < 4.78 is 10.8. The highest BCUT2D eigenvalue weighted by atomic mass is 16.5. The number of aryl methyl sites for hydroxylation is 1. The fourth-order valence-corrected chi connectivity index (χ4v) is 1.84. The number of hydrogen-bond acceptors (Lipinski definition) is 5. The van der Waals surface area contributed by atoms with Gasteiger partial charge >= 0.3 is 5.97 Å². The summed E-state index contributed by atoms with van der Waals surface area (Å²) in [7, 11) is 1.59. The highest BCUT2D eigenvalue weighted by Crippen LogP contribution is 2.28. The highest BCUT2D eigenvalue weighted by Gasteiger charge is 2.12. The van der Waals surface area contributed by atoms with Gasteiger partial charge in [0, 0.05) is 12.8 Å². The molecule has 1 aromatic heterocycles. The van der Waals surface area contributed by atoms with E-state index in [4.69, 9.17) is 14.3 Å². The standard InChI is InChI=1S/C14H16N2O4/c1-19-11-7-3-2-6-10(11)14-16-15-12(20-14)8-4-5-9-13(17)18/h2-3,6-7H,4-5,8-9H2,1H3,(H,17,18). The van der Waals surface area contributed by atoms with Gasteiger partial charge in [0.05, 0.1) is 12.7 Å². The van der Waals surface area contributed by atoms with Gasteiger partial charge in [-0.15, -0.1) is 10.2 Å². The van der Waals surface area contributed by atoms with Gasteiger partial charge in [-0.05, 0) is 25.0 Å². The molecule has 0 saturated carbocycles. The number of carbonyl (C=O) groups is 1. The van der Waals surface area contributed by atoms with Gasteiger partial charge in [-0.3, -0.25) is 4.79 Å². The van der Waals surface area contributed by atoms with Gasteiger partial charge in [-0.1, -0.05) is 12.1 Å².